The van der Waals surface area contributed by atoms with Gasteiger partial charge in [-0.2, -0.15) is 0 Å². The Morgan fingerprint density at radius 1 is 0.972 bits per heavy atom. The molecule has 5 nitrogen and oxygen atoms in total. The smallest absolute Gasteiger partial charge is 0.252 e. The highest BCUT2D eigenvalue weighted by Gasteiger charge is 2.25. The summed E-state index contributed by atoms with van der Waals surface area (Å²) in [5, 5.41) is 4.01. The fourth-order valence-corrected chi connectivity index (χ4v) is 4.47. The zero-order valence-corrected chi connectivity index (χ0v) is 21.7. The minimum absolute atomic E-state index is 0.218. The first kappa shape index (κ1) is 25.5. The first-order valence-corrected chi connectivity index (χ1v) is 12.2. The van der Waals surface area contributed by atoms with E-state index < -0.39 is 6.04 Å². The number of benzene rings is 3. The molecule has 0 fully saturated rings. The Hall–Kier alpha value is -3.54. The van der Waals surface area contributed by atoms with Gasteiger partial charge in [0.05, 0.1) is 13.3 Å². The maximum atomic E-state index is 13.5. The van der Waals surface area contributed by atoms with Crippen LogP contribution in [0.25, 0.3) is 11.1 Å². The second-order valence-corrected chi connectivity index (χ2v) is 9.47. The van der Waals surface area contributed by atoms with Gasteiger partial charge in [-0.15, -0.1) is 0 Å². The van der Waals surface area contributed by atoms with Gasteiger partial charge in [-0.3, -0.25) is 14.2 Å². The molecule has 4 aromatic rings. The summed E-state index contributed by atoms with van der Waals surface area (Å²) in [5.41, 5.74) is 4.46. The molecule has 0 aliphatic heterocycles. The third-order valence-electron chi connectivity index (χ3n) is 6.08. The topological polar surface area (TPSA) is 60.3 Å². The normalized spacial score (nSPS) is 11.7. The van der Waals surface area contributed by atoms with Gasteiger partial charge in [0.1, 0.15) is 11.8 Å². The third kappa shape index (κ3) is 5.64. The van der Waals surface area contributed by atoms with Gasteiger partial charge >= 0.3 is 0 Å². The van der Waals surface area contributed by atoms with Crippen LogP contribution in [0.4, 0.5) is 5.69 Å². The van der Waals surface area contributed by atoms with E-state index in [-0.39, 0.29) is 17.9 Å². The predicted octanol–water partition coefficient (Wildman–Crippen LogP) is 6.87. The number of aromatic nitrogens is 1. The highest BCUT2D eigenvalue weighted by Crippen LogP contribution is 2.34. The van der Waals surface area contributed by atoms with Gasteiger partial charge in [0.15, 0.2) is 0 Å². The number of ether oxygens (including phenoxy) is 1. The Kier molecular flexibility index (Phi) is 7.82. The van der Waals surface area contributed by atoms with Crippen molar-refractivity contribution in [3.8, 4) is 16.9 Å². The van der Waals surface area contributed by atoms with Gasteiger partial charge in [0.25, 0.3) is 5.56 Å². The van der Waals surface area contributed by atoms with Crippen molar-refractivity contribution < 1.29 is 9.53 Å². The number of amides is 1. The zero-order chi connectivity index (χ0) is 25.8. The van der Waals surface area contributed by atoms with Gasteiger partial charge < -0.3 is 10.1 Å². The van der Waals surface area contributed by atoms with E-state index in [0.29, 0.717) is 27.0 Å². The summed E-state index contributed by atoms with van der Waals surface area (Å²) in [5.74, 6) is 0.113. The quantitative estimate of drug-likeness (QED) is 0.289. The predicted molar refractivity (Wildman–Crippen MR) is 146 cm³/mol. The van der Waals surface area contributed by atoms with Gasteiger partial charge in [0.2, 0.25) is 5.91 Å². The lowest BCUT2D eigenvalue weighted by Crippen LogP contribution is -2.34. The number of pyridine rings is 1. The monoisotopic (exact) mass is 520 g/mol. The summed E-state index contributed by atoms with van der Waals surface area (Å²) < 4.78 is 7.06. The summed E-state index contributed by atoms with van der Waals surface area (Å²) in [6.45, 7) is 3.91. The second kappa shape index (κ2) is 11.0. The van der Waals surface area contributed by atoms with Gasteiger partial charge in [-0.1, -0.05) is 65.2 Å². The number of methoxy groups -OCH3 is 1. The maximum absolute atomic E-state index is 13.5. The Bertz CT molecular complexity index is 1460. The number of hydrogen-bond donors (Lipinski definition) is 1. The highest BCUT2D eigenvalue weighted by atomic mass is 35.5. The molecule has 1 unspecified atom stereocenters. The van der Waals surface area contributed by atoms with E-state index in [2.05, 4.69) is 5.32 Å². The summed E-state index contributed by atoms with van der Waals surface area (Å²) in [7, 11) is 1.53. The fourth-order valence-electron chi connectivity index (χ4n) is 4.08. The molecule has 184 valence electrons. The molecule has 0 saturated carbocycles. The lowest BCUT2D eigenvalue weighted by Gasteiger charge is -2.22. The molecule has 7 heteroatoms. The molecule has 1 aromatic heterocycles. The van der Waals surface area contributed by atoms with Crippen LogP contribution in [0.1, 0.15) is 22.7 Å². The molecule has 0 bridgehead atoms. The number of carbonyl (C=O) groups excluding carboxylic acids is 1. The molecule has 1 N–H and O–H groups in total. The van der Waals surface area contributed by atoms with Crippen LogP contribution in [0.15, 0.2) is 83.8 Å². The number of carbonyl (C=O) groups is 1. The molecule has 0 spiro atoms. The van der Waals surface area contributed by atoms with Crippen molar-refractivity contribution in [2.75, 3.05) is 12.4 Å². The van der Waals surface area contributed by atoms with Crippen LogP contribution in [0.2, 0.25) is 10.0 Å². The van der Waals surface area contributed by atoms with Crippen LogP contribution in [-0.2, 0) is 11.2 Å². The molecule has 1 heterocycles. The van der Waals surface area contributed by atoms with E-state index in [4.69, 9.17) is 27.9 Å². The number of rotatable bonds is 7. The van der Waals surface area contributed by atoms with E-state index in [1.165, 1.54) is 17.7 Å². The van der Waals surface area contributed by atoms with Gasteiger partial charge in [0, 0.05) is 33.8 Å². The molecular weight excluding hydrogens is 495 g/mol. The summed E-state index contributed by atoms with van der Waals surface area (Å²) >= 11 is 12.6. The third-order valence-corrected chi connectivity index (χ3v) is 6.69. The largest absolute Gasteiger partial charge is 0.495 e. The van der Waals surface area contributed by atoms with Crippen LogP contribution < -0.4 is 15.6 Å². The van der Waals surface area contributed by atoms with Crippen molar-refractivity contribution in [1.29, 1.82) is 0 Å². The SMILES string of the molecule is COc1cn(C(Cc2ccccc2Cl)C(=O)Nc2ccc(C)cc2)c(=O)cc1-c1cc(Cl)ccc1C. The van der Waals surface area contributed by atoms with Crippen molar-refractivity contribution in [2.24, 2.45) is 0 Å². The van der Waals surface area contributed by atoms with Crippen LogP contribution in [0, 0.1) is 13.8 Å². The van der Waals surface area contributed by atoms with E-state index in [1.54, 1.807) is 24.4 Å². The average Bonchev–Trinajstić information content (AvgIpc) is 2.86. The van der Waals surface area contributed by atoms with Crippen molar-refractivity contribution >= 4 is 34.8 Å². The van der Waals surface area contributed by atoms with E-state index in [1.807, 2.05) is 62.4 Å². The minimum atomic E-state index is -0.873. The lowest BCUT2D eigenvalue weighted by atomic mass is 10.00. The maximum Gasteiger partial charge on any atom is 0.252 e. The number of hydrogen-bond acceptors (Lipinski definition) is 3. The highest BCUT2D eigenvalue weighted by molar-refractivity contribution is 6.31. The van der Waals surface area contributed by atoms with Gasteiger partial charge in [-0.05, 0) is 60.9 Å². The van der Waals surface area contributed by atoms with Crippen LogP contribution >= 0.6 is 23.2 Å². The van der Waals surface area contributed by atoms with Crippen LogP contribution in [0.3, 0.4) is 0 Å². The Balaban J connectivity index is 1.80. The average molecular weight is 521 g/mol. The number of anilines is 1. The molecule has 0 radical (unpaired) electrons. The minimum Gasteiger partial charge on any atom is -0.495 e. The van der Waals surface area contributed by atoms with E-state index >= 15 is 0 Å². The molecular formula is C29H26Cl2N2O3. The summed E-state index contributed by atoms with van der Waals surface area (Å²) in [4.78, 5) is 27.0. The van der Waals surface area contributed by atoms with Crippen molar-refractivity contribution in [3.05, 3.63) is 116 Å². The molecule has 36 heavy (non-hydrogen) atoms. The first-order chi connectivity index (χ1) is 17.3. The number of halogens is 2. The summed E-state index contributed by atoms with van der Waals surface area (Å²) in [6.07, 6.45) is 1.80. The van der Waals surface area contributed by atoms with Crippen LogP contribution in [-0.4, -0.2) is 17.6 Å². The first-order valence-electron chi connectivity index (χ1n) is 11.4. The standard InChI is InChI=1S/C29H26Cl2N2O3/c1-18-8-12-22(13-9-18)32-29(35)26(14-20-6-4-5-7-25(20)31)33-17-27(36-3)24(16-28(33)34)23-15-21(30)11-10-19(23)2/h4-13,15-17,26H,14H2,1-3H3,(H,32,35). The van der Waals surface area contributed by atoms with E-state index in [9.17, 15) is 9.59 Å². The van der Waals surface area contributed by atoms with Gasteiger partial charge in [-0.25, -0.2) is 0 Å². The second-order valence-electron chi connectivity index (χ2n) is 8.63. The summed E-state index contributed by atoms with van der Waals surface area (Å²) in [6, 6.07) is 20.9. The van der Waals surface area contributed by atoms with Crippen molar-refractivity contribution in [3.63, 3.8) is 0 Å². The Morgan fingerprint density at radius 2 is 1.69 bits per heavy atom. The molecule has 0 aliphatic rings. The molecule has 0 saturated heterocycles. The fraction of sp³-hybridized carbons (Fsp3) is 0.172. The number of nitrogens with zero attached hydrogens (tertiary/aromatic N) is 1. The Labute approximate surface area is 220 Å². The van der Waals surface area contributed by atoms with Crippen LogP contribution in [0.5, 0.6) is 5.75 Å². The molecule has 1 atom stereocenters. The molecule has 1 amide bonds. The number of aryl methyl sites for hydroxylation is 2. The molecule has 4 rings (SSSR count). The molecule has 0 aliphatic carbocycles. The lowest BCUT2D eigenvalue weighted by molar-refractivity contribution is -0.119. The van der Waals surface area contributed by atoms with Crippen molar-refractivity contribution in [2.45, 2.75) is 26.3 Å². The van der Waals surface area contributed by atoms with E-state index in [0.717, 1.165) is 22.3 Å². The zero-order valence-electron chi connectivity index (χ0n) is 20.2. The Morgan fingerprint density at radius 3 is 2.39 bits per heavy atom. The number of nitrogens with one attached hydrogen (secondary N) is 1. The van der Waals surface area contributed by atoms with Crippen molar-refractivity contribution in [1.82, 2.24) is 4.57 Å². The molecule has 3 aromatic carbocycles.